The number of rotatable bonds is 2. The summed E-state index contributed by atoms with van der Waals surface area (Å²) >= 11 is 0. The van der Waals surface area contributed by atoms with Gasteiger partial charge < -0.3 is 4.98 Å². The highest BCUT2D eigenvalue weighted by molar-refractivity contribution is 6.20. The third-order valence-corrected chi connectivity index (χ3v) is 4.62. The standard InChI is InChI=1S/C22H16N4/c1-14(13-15-7-3-2-4-8-15)22-25-20-16-9-5-11-23-18(16)19-17(21(20)26-22)10-6-12-24-19/h2-13H,1H3,(H,25,26). The Morgan fingerprint density at radius 3 is 2.27 bits per heavy atom. The number of nitrogens with one attached hydrogen (secondary N) is 1. The van der Waals surface area contributed by atoms with Crippen molar-refractivity contribution in [1.82, 2.24) is 19.9 Å². The van der Waals surface area contributed by atoms with Gasteiger partial charge in [0, 0.05) is 23.2 Å². The SMILES string of the molecule is CC(=Cc1ccccc1)c1nc2c3cccnc3c3ncccc3c2[nH]1. The zero-order chi connectivity index (χ0) is 17.5. The molecule has 3 heterocycles. The predicted octanol–water partition coefficient (Wildman–Crippen LogP) is 5.22. The summed E-state index contributed by atoms with van der Waals surface area (Å²) in [5.41, 5.74) is 5.97. The third-order valence-electron chi connectivity index (χ3n) is 4.62. The summed E-state index contributed by atoms with van der Waals surface area (Å²) in [6, 6.07) is 18.3. The molecule has 0 amide bonds. The number of allylic oxidation sites excluding steroid dienone is 1. The van der Waals surface area contributed by atoms with E-state index in [1.165, 1.54) is 0 Å². The van der Waals surface area contributed by atoms with Crippen LogP contribution < -0.4 is 0 Å². The van der Waals surface area contributed by atoms with Gasteiger partial charge in [-0.2, -0.15) is 0 Å². The largest absolute Gasteiger partial charge is 0.338 e. The molecule has 0 bridgehead atoms. The van der Waals surface area contributed by atoms with Gasteiger partial charge in [-0.05, 0) is 48.4 Å². The van der Waals surface area contributed by atoms with E-state index in [-0.39, 0.29) is 0 Å². The van der Waals surface area contributed by atoms with E-state index < -0.39 is 0 Å². The highest BCUT2D eigenvalue weighted by Crippen LogP contribution is 2.32. The first kappa shape index (κ1) is 14.8. The van der Waals surface area contributed by atoms with E-state index in [1.54, 1.807) is 12.4 Å². The molecule has 2 aromatic carbocycles. The van der Waals surface area contributed by atoms with Gasteiger partial charge in [0.05, 0.1) is 22.1 Å². The lowest BCUT2D eigenvalue weighted by atomic mass is 10.1. The lowest BCUT2D eigenvalue weighted by Crippen LogP contribution is -1.86. The van der Waals surface area contributed by atoms with Crippen LogP contribution in [0.5, 0.6) is 0 Å². The normalized spacial score (nSPS) is 12.3. The lowest BCUT2D eigenvalue weighted by molar-refractivity contribution is 1.26. The van der Waals surface area contributed by atoms with Crippen molar-refractivity contribution in [3.63, 3.8) is 0 Å². The van der Waals surface area contributed by atoms with Crippen molar-refractivity contribution < 1.29 is 0 Å². The van der Waals surface area contributed by atoms with E-state index in [0.717, 1.165) is 49.8 Å². The molecule has 1 N–H and O–H groups in total. The summed E-state index contributed by atoms with van der Waals surface area (Å²) in [6.45, 7) is 2.07. The molecule has 3 aromatic heterocycles. The molecule has 0 atom stereocenters. The van der Waals surface area contributed by atoms with Crippen molar-refractivity contribution in [3.05, 3.63) is 78.4 Å². The number of nitrogens with zero attached hydrogens (tertiary/aromatic N) is 3. The molecule has 4 nitrogen and oxygen atoms in total. The first-order chi connectivity index (χ1) is 12.8. The summed E-state index contributed by atoms with van der Waals surface area (Å²) in [7, 11) is 0. The Hall–Kier alpha value is -3.53. The van der Waals surface area contributed by atoms with Gasteiger partial charge in [-0.1, -0.05) is 30.3 Å². The highest BCUT2D eigenvalue weighted by Gasteiger charge is 2.14. The molecule has 0 saturated heterocycles. The van der Waals surface area contributed by atoms with Crippen molar-refractivity contribution in [2.75, 3.05) is 0 Å². The first-order valence-corrected chi connectivity index (χ1v) is 8.56. The second-order valence-corrected chi connectivity index (χ2v) is 6.35. The second-order valence-electron chi connectivity index (χ2n) is 6.35. The van der Waals surface area contributed by atoms with Crippen molar-refractivity contribution in [1.29, 1.82) is 0 Å². The average molecular weight is 336 g/mol. The number of H-pyrrole nitrogens is 1. The number of hydrogen-bond donors (Lipinski definition) is 1. The van der Waals surface area contributed by atoms with E-state index in [9.17, 15) is 0 Å². The van der Waals surface area contributed by atoms with Crippen molar-refractivity contribution in [3.8, 4) is 0 Å². The Bertz CT molecular complexity index is 1210. The zero-order valence-electron chi connectivity index (χ0n) is 14.3. The average Bonchev–Trinajstić information content (AvgIpc) is 3.15. The fourth-order valence-electron chi connectivity index (χ4n) is 3.40. The minimum atomic E-state index is 0.866. The topological polar surface area (TPSA) is 54.5 Å². The number of pyridine rings is 2. The summed E-state index contributed by atoms with van der Waals surface area (Å²) in [5.74, 6) is 0.866. The van der Waals surface area contributed by atoms with Crippen LogP contribution in [0.25, 0.3) is 44.5 Å². The summed E-state index contributed by atoms with van der Waals surface area (Å²) in [5, 5.41) is 2.06. The quantitative estimate of drug-likeness (QED) is 0.450. The van der Waals surface area contributed by atoms with E-state index in [4.69, 9.17) is 4.98 Å². The minimum absolute atomic E-state index is 0.866. The molecule has 0 aliphatic rings. The van der Waals surface area contributed by atoms with Gasteiger partial charge in [0.15, 0.2) is 0 Å². The van der Waals surface area contributed by atoms with Crippen LogP contribution in [0.4, 0.5) is 0 Å². The molecule has 0 spiro atoms. The molecule has 0 aliphatic carbocycles. The molecule has 5 aromatic rings. The number of hydrogen-bond acceptors (Lipinski definition) is 3. The number of aromatic amines is 1. The molecule has 5 rings (SSSR count). The number of fused-ring (bicyclic) bond motifs is 6. The first-order valence-electron chi connectivity index (χ1n) is 8.56. The van der Waals surface area contributed by atoms with Gasteiger partial charge in [-0.25, -0.2) is 4.98 Å². The molecule has 0 fully saturated rings. The van der Waals surface area contributed by atoms with Crippen molar-refractivity contribution >= 4 is 44.5 Å². The van der Waals surface area contributed by atoms with Crippen LogP contribution in [0.1, 0.15) is 18.3 Å². The molecule has 26 heavy (non-hydrogen) atoms. The summed E-state index contributed by atoms with van der Waals surface area (Å²) < 4.78 is 0. The van der Waals surface area contributed by atoms with Crippen LogP contribution >= 0.6 is 0 Å². The van der Waals surface area contributed by atoms with Crippen LogP contribution in [-0.4, -0.2) is 19.9 Å². The van der Waals surface area contributed by atoms with Crippen LogP contribution in [0, 0.1) is 0 Å². The van der Waals surface area contributed by atoms with E-state index in [0.29, 0.717) is 0 Å². The van der Waals surface area contributed by atoms with Gasteiger partial charge >= 0.3 is 0 Å². The fourth-order valence-corrected chi connectivity index (χ4v) is 3.40. The van der Waals surface area contributed by atoms with Gasteiger partial charge in [0.1, 0.15) is 5.82 Å². The van der Waals surface area contributed by atoms with E-state index >= 15 is 0 Å². The predicted molar refractivity (Wildman–Crippen MR) is 107 cm³/mol. The van der Waals surface area contributed by atoms with Gasteiger partial charge in [0.2, 0.25) is 0 Å². The monoisotopic (exact) mass is 336 g/mol. The van der Waals surface area contributed by atoms with Crippen molar-refractivity contribution in [2.24, 2.45) is 0 Å². The summed E-state index contributed by atoms with van der Waals surface area (Å²) in [4.78, 5) is 17.5. The number of imidazole rings is 1. The molecule has 4 heteroatoms. The van der Waals surface area contributed by atoms with Gasteiger partial charge in [-0.15, -0.1) is 0 Å². The second kappa shape index (κ2) is 5.77. The minimum Gasteiger partial charge on any atom is -0.338 e. The van der Waals surface area contributed by atoms with Crippen LogP contribution in [0.15, 0.2) is 67.0 Å². The van der Waals surface area contributed by atoms with Crippen molar-refractivity contribution in [2.45, 2.75) is 6.92 Å². The number of aromatic nitrogens is 4. The Balaban J connectivity index is 1.81. The fraction of sp³-hybridized carbons (Fsp3) is 0.0455. The molecular weight excluding hydrogens is 320 g/mol. The van der Waals surface area contributed by atoms with Gasteiger partial charge in [0.25, 0.3) is 0 Å². The third kappa shape index (κ3) is 2.27. The number of benzene rings is 2. The van der Waals surface area contributed by atoms with Crippen LogP contribution in [0.3, 0.4) is 0 Å². The maximum atomic E-state index is 4.90. The van der Waals surface area contributed by atoms with E-state index in [2.05, 4.69) is 52.2 Å². The highest BCUT2D eigenvalue weighted by atomic mass is 14.9. The van der Waals surface area contributed by atoms with Crippen LogP contribution in [0.2, 0.25) is 0 Å². The maximum Gasteiger partial charge on any atom is 0.134 e. The molecule has 0 unspecified atom stereocenters. The van der Waals surface area contributed by atoms with Crippen LogP contribution in [-0.2, 0) is 0 Å². The Morgan fingerprint density at radius 1 is 0.808 bits per heavy atom. The maximum absolute atomic E-state index is 4.90. The smallest absolute Gasteiger partial charge is 0.134 e. The molecule has 0 saturated carbocycles. The molecule has 0 radical (unpaired) electrons. The molecule has 0 aliphatic heterocycles. The lowest BCUT2D eigenvalue weighted by Gasteiger charge is -2.03. The summed E-state index contributed by atoms with van der Waals surface area (Å²) in [6.07, 6.45) is 5.75. The molecular formula is C22H16N4. The molecule has 124 valence electrons. The zero-order valence-corrected chi connectivity index (χ0v) is 14.3. The Morgan fingerprint density at radius 2 is 1.50 bits per heavy atom. The Labute approximate surface area is 150 Å². The van der Waals surface area contributed by atoms with Gasteiger partial charge in [-0.3, -0.25) is 9.97 Å². The Kier molecular flexibility index (Phi) is 3.28. The van der Waals surface area contributed by atoms with E-state index in [1.807, 2.05) is 30.3 Å².